The zero-order valence-electron chi connectivity index (χ0n) is 14.9. The quantitative estimate of drug-likeness (QED) is 0.673. The van der Waals surface area contributed by atoms with Crippen molar-refractivity contribution in [3.63, 3.8) is 0 Å². The molecule has 0 saturated heterocycles. The van der Waals surface area contributed by atoms with Gasteiger partial charge in [-0.1, -0.05) is 31.4 Å². The number of fused-ring (bicyclic) bond motifs is 1. The third kappa shape index (κ3) is 3.57. The lowest BCUT2D eigenvalue weighted by Gasteiger charge is -2.22. The van der Waals surface area contributed by atoms with Crippen LogP contribution in [0.2, 0.25) is 0 Å². The van der Waals surface area contributed by atoms with Crippen LogP contribution in [0.1, 0.15) is 42.5 Å². The fraction of sp³-hybridized carbons (Fsp3) is 0.286. The highest BCUT2D eigenvalue weighted by Crippen LogP contribution is 2.18. The maximum atomic E-state index is 12.8. The van der Waals surface area contributed by atoms with Crippen LogP contribution in [0, 0.1) is 4.77 Å². The summed E-state index contributed by atoms with van der Waals surface area (Å²) in [5, 5.41) is 3.68. The number of aromatic nitrogens is 2. The van der Waals surface area contributed by atoms with Crippen molar-refractivity contribution in [1.29, 1.82) is 0 Å². The number of hydrogen-bond donors (Lipinski definition) is 2. The number of nitrogens with one attached hydrogen (secondary N) is 2. The molecule has 6 heteroatoms. The summed E-state index contributed by atoms with van der Waals surface area (Å²) < 4.78 is 1.79. The summed E-state index contributed by atoms with van der Waals surface area (Å²) >= 11 is 5.37. The molecule has 0 radical (unpaired) electrons. The molecule has 138 valence electrons. The molecule has 0 bridgehead atoms. The lowest BCUT2D eigenvalue weighted by molar-refractivity contribution is 0.0927. The lowest BCUT2D eigenvalue weighted by atomic mass is 9.95. The molecule has 4 rings (SSSR count). The van der Waals surface area contributed by atoms with Crippen molar-refractivity contribution >= 4 is 29.0 Å². The number of rotatable bonds is 3. The Kier molecular flexibility index (Phi) is 4.90. The second-order valence-electron chi connectivity index (χ2n) is 6.97. The first-order valence-corrected chi connectivity index (χ1v) is 9.70. The molecule has 0 atom stereocenters. The third-order valence-corrected chi connectivity index (χ3v) is 5.42. The number of benzene rings is 2. The van der Waals surface area contributed by atoms with Gasteiger partial charge < -0.3 is 10.3 Å². The van der Waals surface area contributed by atoms with Crippen LogP contribution in [0.25, 0.3) is 16.6 Å². The van der Waals surface area contributed by atoms with E-state index in [0.29, 0.717) is 26.9 Å². The molecule has 2 N–H and O–H groups in total. The zero-order chi connectivity index (χ0) is 18.8. The van der Waals surface area contributed by atoms with Crippen LogP contribution in [-0.2, 0) is 0 Å². The van der Waals surface area contributed by atoms with Gasteiger partial charge in [-0.25, -0.2) is 0 Å². The van der Waals surface area contributed by atoms with Gasteiger partial charge in [0.05, 0.1) is 16.6 Å². The van der Waals surface area contributed by atoms with E-state index in [0.717, 1.165) is 12.8 Å². The largest absolute Gasteiger partial charge is 0.349 e. The number of carbonyl (C=O) groups is 1. The van der Waals surface area contributed by atoms with E-state index in [9.17, 15) is 9.59 Å². The van der Waals surface area contributed by atoms with E-state index < -0.39 is 0 Å². The Bertz CT molecular complexity index is 1090. The third-order valence-electron chi connectivity index (χ3n) is 5.13. The van der Waals surface area contributed by atoms with Gasteiger partial charge in [0, 0.05) is 11.6 Å². The fourth-order valence-corrected chi connectivity index (χ4v) is 3.97. The van der Waals surface area contributed by atoms with Gasteiger partial charge in [0.2, 0.25) is 0 Å². The molecule has 1 heterocycles. The van der Waals surface area contributed by atoms with Gasteiger partial charge in [0.15, 0.2) is 4.77 Å². The predicted octanol–water partition coefficient (Wildman–Crippen LogP) is 4.11. The summed E-state index contributed by atoms with van der Waals surface area (Å²) in [6.45, 7) is 0. The molecule has 1 aliphatic rings. The van der Waals surface area contributed by atoms with E-state index in [4.69, 9.17) is 12.2 Å². The van der Waals surface area contributed by atoms with Crippen LogP contribution in [0.4, 0.5) is 0 Å². The van der Waals surface area contributed by atoms with Gasteiger partial charge in [0.1, 0.15) is 0 Å². The van der Waals surface area contributed by atoms with Crippen LogP contribution in [0.3, 0.4) is 0 Å². The number of hydrogen-bond acceptors (Lipinski definition) is 3. The molecule has 27 heavy (non-hydrogen) atoms. The molecule has 2 aromatic carbocycles. The molecule has 0 aliphatic heterocycles. The van der Waals surface area contributed by atoms with Gasteiger partial charge in [-0.3, -0.25) is 14.2 Å². The molecule has 1 aliphatic carbocycles. The van der Waals surface area contributed by atoms with Gasteiger partial charge in [0.25, 0.3) is 11.5 Å². The first-order chi connectivity index (χ1) is 13.1. The Hall–Kier alpha value is -2.73. The minimum atomic E-state index is -0.172. The van der Waals surface area contributed by atoms with E-state index in [2.05, 4.69) is 10.3 Å². The average Bonchev–Trinajstić information content (AvgIpc) is 2.69. The molecule has 1 amide bonds. The van der Waals surface area contributed by atoms with Crippen LogP contribution in [-0.4, -0.2) is 21.5 Å². The van der Waals surface area contributed by atoms with Crippen molar-refractivity contribution in [2.75, 3.05) is 0 Å². The van der Waals surface area contributed by atoms with Crippen molar-refractivity contribution in [2.24, 2.45) is 0 Å². The Morgan fingerprint density at radius 1 is 1.04 bits per heavy atom. The normalized spacial score (nSPS) is 15.0. The highest BCUT2D eigenvalue weighted by Gasteiger charge is 2.16. The van der Waals surface area contributed by atoms with Crippen LogP contribution < -0.4 is 10.9 Å². The summed E-state index contributed by atoms with van der Waals surface area (Å²) in [4.78, 5) is 28.4. The van der Waals surface area contributed by atoms with Crippen LogP contribution >= 0.6 is 12.2 Å². The molecule has 0 unspecified atom stereocenters. The van der Waals surface area contributed by atoms with Crippen LogP contribution in [0.15, 0.2) is 53.3 Å². The number of para-hydroxylation sites is 1. The summed E-state index contributed by atoms with van der Waals surface area (Å²) in [5.41, 5.74) is 1.77. The second kappa shape index (κ2) is 7.48. The monoisotopic (exact) mass is 379 g/mol. The first kappa shape index (κ1) is 17.7. The minimum absolute atomic E-state index is 0.0653. The number of aromatic amines is 1. The van der Waals surface area contributed by atoms with Crippen molar-refractivity contribution in [1.82, 2.24) is 14.9 Å². The predicted molar refractivity (Wildman–Crippen MR) is 109 cm³/mol. The summed E-state index contributed by atoms with van der Waals surface area (Å²) in [7, 11) is 0. The second-order valence-corrected chi connectivity index (χ2v) is 7.36. The Morgan fingerprint density at radius 3 is 2.48 bits per heavy atom. The molecule has 1 aromatic heterocycles. The molecule has 1 saturated carbocycles. The van der Waals surface area contributed by atoms with Gasteiger partial charge >= 0.3 is 0 Å². The zero-order valence-corrected chi connectivity index (χ0v) is 15.7. The van der Waals surface area contributed by atoms with Gasteiger partial charge in [-0.2, -0.15) is 0 Å². The maximum absolute atomic E-state index is 12.8. The average molecular weight is 379 g/mol. The maximum Gasteiger partial charge on any atom is 0.266 e. The van der Waals surface area contributed by atoms with Crippen molar-refractivity contribution < 1.29 is 4.79 Å². The van der Waals surface area contributed by atoms with E-state index in [1.54, 1.807) is 30.3 Å². The van der Waals surface area contributed by atoms with Crippen molar-refractivity contribution in [2.45, 2.75) is 38.1 Å². The molecule has 1 fully saturated rings. The number of carbonyl (C=O) groups excluding carboxylic acids is 1. The Morgan fingerprint density at radius 2 is 1.74 bits per heavy atom. The molecule has 5 nitrogen and oxygen atoms in total. The Balaban J connectivity index is 1.63. The first-order valence-electron chi connectivity index (χ1n) is 9.29. The molecule has 0 spiro atoms. The lowest BCUT2D eigenvalue weighted by Crippen LogP contribution is -2.36. The van der Waals surface area contributed by atoms with E-state index in [1.807, 2.05) is 18.2 Å². The van der Waals surface area contributed by atoms with E-state index >= 15 is 0 Å². The Labute approximate surface area is 162 Å². The topological polar surface area (TPSA) is 66.9 Å². The van der Waals surface area contributed by atoms with Crippen molar-refractivity contribution in [3.8, 4) is 5.69 Å². The number of nitrogens with zero attached hydrogens (tertiary/aromatic N) is 1. The fourth-order valence-electron chi connectivity index (χ4n) is 3.67. The summed E-state index contributed by atoms with van der Waals surface area (Å²) in [5.74, 6) is -0.0653. The van der Waals surface area contributed by atoms with E-state index in [1.165, 1.54) is 23.8 Å². The SMILES string of the molecule is O=C(NC1CCCCC1)c1ccc(-n2c(=S)[nH]c3ccccc3c2=O)cc1. The summed E-state index contributed by atoms with van der Waals surface area (Å²) in [6, 6.07) is 14.5. The molecular formula is C21H21N3O2S. The van der Waals surface area contributed by atoms with Crippen LogP contribution in [0.5, 0.6) is 0 Å². The van der Waals surface area contributed by atoms with Crippen molar-refractivity contribution in [3.05, 3.63) is 69.2 Å². The minimum Gasteiger partial charge on any atom is -0.349 e. The smallest absolute Gasteiger partial charge is 0.266 e. The summed E-state index contributed by atoms with van der Waals surface area (Å²) in [6.07, 6.45) is 5.69. The molecular weight excluding hydrogens is 358 g/mol. The number of H-pyrrole nitrogens is 1. The van der Waals surface area contributed by atoms with Gasteiger partial charge in [-0.15, -0.1) is 0 Å². The number of amides is 1. The highest BCUT2D eigenvalue weighted by molar-refractivity contribution is 7.71. The standard InChI is InChI=1S/C21H21N3O2S/c25-19(22-15-6-2-1-3-7-15)14-10-12-16(13-11-14)24-20(26)17-8-4-5-9-18(17)23-21(24)27/h4-5,8-13,15H,1-3,6-7H2,(H,22,25)(H,23,27). The van der Waals surface area contributed by atoms with Gasteiger partial charge in [-0.05, 0) is 61.5 Å². The van der Waals surface area contributed by atoms with E-state index in [-0.39, 0.29) is 17.5 Å². The molecule has 3 aromatic rings. The highest BCUT2D eigenvalue weighted by atomic mass is 32.1.